The molecular weight excluding hydrogens is 255 g/mol. The number of nitrogen functional groups attached to an aromatic ring is 1. The number of nitrogens with two attached hydrogens (primary N) is 1. The van der Waals surface area contributed by atoms with E-state index in [0.29, 0.717) is 0 Å². The van der Waals surface area contributed by atoms with E-state index < -0.39 is 11.7 Å². The first-order valence-electron chi connectivity index (χ1n) is 5.54. The average molecular weight is 272 g/mol. The van der Waals surface area contributed by atoms with Gasteiger partial charge in [0, 0.05) is 18.0 Å². The van der Waals surface area contributed by atoms with Crippen molar-refractivity contribution in [2.75, 3.05) is 17.4 Å². The van der Waals surface area contributed by atoms with Crippen molar-refractivity contribution in [3.05, 3.63) is 23.6 Å². The first kappa shape index (κ1) is 14.7. The smallest absolute Gasteiger partial charge is 0.254 e. The summed E-state index contributed by atoms with van der Waals surface area (Å²) in [6.07, 6.45) is 4.09. The zero-order chi connectivity index (χ0) is 13.5. The average Bonchev–Trinajstić information content (AvgIpc) is 2.38. The summed E-state index contributed by atoms with van der Waals surface area (Å²) in [7, 11) is 0. The lowest BCUT2D eigenvalue weighted by molar-refractivity contribution is 0.0936. The molecule has 100 valence electrons. The van der Waals surface area contributed by atoms with Gasteiger partial charge >= 0.3 is 0 Å². The van der Waals surface area contributed by atoms with Gasteiger partial charge in [0.25, 0.3) is 5.91 Å². The third kappa shape index (κ3) is 3.58. The summed E-state index contributed by atoms with van der Waals surface area (Å²) in [5, 5.41) is 2.78. The molecule has 1 amide bonds. The molecular formula is C11H17FN4OS. The van der Waals surface area contributed by atoms with Gasteiger partial charge in [0.1, 0.15) is 0 Å². The quantitative estimate of drug-likeness (QED) is 0.538. The molecule has 1 rings (SSSR count). The Morgan fingerprint density at radius 2 is 2.39 bits per heavy atom. The van der Waals surface area contributed by atoms with E-state index >= 15 is 0 Å². The molecule has 5 nitrogen and oxygen atoms in total. The van der Waals surface area contributed by atoms with Crippen LogP contribution in [0.25, 0.3) is 0 Å². The maximum absolute atomic E-state index is 13.8. The Morgan fingerprint density at radius 3 is 2.94 bits per heavy atom. The predicted octanol–water partition coefficient (Wildman–Crippen LogP) is 1.38. The van der Waals surface area contributed by atoms with Gasteiger partial charge in [0.05, 0.1) is 5.56 Å². The molecule has 0 radical (unpaired) electrons. The number of anilines is 1. The molecule has 0 bridgehead atoms. The van der Waals surface area contributed by atoms with Gasteiger partial charge < -0.3 is 10.7 Å². The molecule has 0 saturated carbocycles. The van der Waals surface area contributed by atoms with Crippen LogP contribution in [0.4, 0.5) is 10.2 Å². The highest BCUT2D eigenvalue weighted by molar-refractivity contribution is 7.98. The lowest BCUT2D eigenvalue weighted by atomic mass is 10.2. The van der Waals surface area contributed by atoms with Gasteiger partial charge in [0.15, 0.2) is 11.6 Å². The van der Waals surface area contributed by atoms with Crippen LogP contribution in [0.5, 0.6) is 0 Å². The molecule has 0 spiro atoms. The van der Waals surface area contributed by atoms with Crippen molar-refractivity contribution >= 4 is 23.5 Å². The van der Waals surface area contributed by atoms with Gasteiger partial charge in [0.2, 0.25) is 0 Å². The summed E-state index contributed by atoms with van der Waals surface area (Å²) in [5.74, 6) is 4.57. The Labute approximate surface area is 110 Å². The minimum atomic E-state index is -0.739. The molecule has 0 aliphatic carbocycles. The van der Waals surface area contributed by atoms with E-state index in [2.05, 4.69) is 15.7 Å². The molecule has 4 N–H and O–H groups in total. The zero-order valence-corrected chi connectivity index (χ0v) is 11.2. The lowest BCUT2D eigenvalue weighted by Gasteiger charge is -2.16. The van der Waals surface area contributed by atoms with Crippen molar-refractivity contribution in [1.29, 1.82) is 0 Å². The Morgan fingerprint density at radius 1 is 1.67 bits per heavy atom. The van der Waals surface area contributed by atoms with Crippen LogP contribution in [0.2, 0.25) is 0 Å². The number of nitrogens with zero attached hydrogens (tertiary/aromatic N) is 1. The number of pyridine rings is 1. The second-order valence-electron chi connectivity index (χ2n) is 3.70. The molecule has 0 aliphatic heterocycles. The molecule has 0 aliphatic rings. The summed E-state index contributed by atoms with van der Waals surface area (Å²) in [6.45, 7) is 1.97. The van der Waals surface area contributed by atoms with Gasteiger partial charge in [-0.1, -0.05) is 6.92 Å². The van der Waals surface area contributed by atoms with Crippen molar-refractivity contribution in [3.8, 4) is 0 Å². The van der Waals surface area contributed by atoms with Gasteiger partial charge in [-0.15, -0.1) is 0 Å². The normalized spacial score (nSPS) is 12.0. The van der Waals surface area contributed by atoms with Gasteiger partial charge in [-0.05, 0) is 18.7 Å². The van der Waals surface area contributed by atoms with E-state index in [-0.39, 0.29) is 17.4 Å². The zero-order valence-electron chi connectivity index (χ0n) is 10.4. The number of carbonyl (C=O) groups is 1. The minimum absolute atomic E-state index is 0.0225. The Balaban J connectivity index is 2.84. The second kappa shape index (κ2) is 7.17. The topological polar surface area (TPSA) is 80.0 Å². The lowest BCUT2D eigenvalue weighted by Crippen LogP contribution is -2.36. The van der Waals surface area contributed by atoms with Crippen LogP contribution in [-0.2, 0) is 0 Å². The fourth-order valence-electron chi connectivity index (χ4n) is 1.45. The first-order chi connectivity index (χ1) is 8.63. The van der Waals surface area contributed by atoms with Crippen LogP contribution in [0.3, 0.4) is 0 Å². The minimum Gasteiger partial charge on any atom is -0.348 e. The number of rotatable bonds is 6. The summed E-state index contributed by atoms with van der Waals surface area (Å²) in [6, 6.07) is 1.35. The fourth-order valence-corrected chi connectivity index (χ4v) is 2.17. The molecule has 0 saturated heterocycles. The third-order valence-electron chi connectivity index (χ3n) is 2.47. The van der Waals surface area contributed by atoms with Crippen LogP contribution >= 0.6 is 11.8 Å². The van der Waals surface area contributed by atoms with Crippen LogP contribution in [-0.4, -0.2) is 28.9 Å². The third-order valence-corrected chi connectivity index (χ3v) is 3.20. The van der Waals surface area contributed by atoms with Gasteiger partial charge in [-0.3, -0.25) is 4.79 Å². The molecule has 1 unspecified atom stereocenters. The SMILES string of the molecule is CCC(CSC)NC(=O)c1ccnc(NN)c1F. The number of amides is 1. The van der Waals surface area contributed by atoms with Gasteiger partial charge in [-0.2, -0.15) is 11.8 Å². The number of halogens is 1. The van der Waals surface area contributed by atoms with Crippen molar-refractivity contribution in [2.45, 2.75) is 19.4 Å². The highest BCUT2D eigenvalue weighted by atomic mass is 32.2. The monoisotopic (exact) mass is 272 g/mol. The van der Waals surface area contributed by atoms with E-state index in [9.17, 15) is 9.18 Å². The molecule has 7 heteroatoms. The fraction of sp³-hybridized carbons (Fsp3) is 0.455. The number of carbonyl (C=O) groups excluding carboxylic acids is 1. The molecule has 0 aromatic carbocycles. The van der Waals surface area contributed by atoms with E-state index in [1.54, 1.807) is 11.8 Å². The number of aromatic nitrogens is 1. The summed E-state index contributed by atoms with van der Waals surface area (Å²) >= 11 is 1.63. The number of thioether (sulfide) groups is 1. The second-order valence-corrected chi connectivity index (χ2v) is 4.61. The van der Waals surface area contributed by atoms with Gasteiger partial charge in [-0.25, -0.2) is 15.2 Å². The van der Waals surface area contributed by atoms with Crippen LogP contribution in [0, 0.1) is 5.82 Å². The number of hydrogen-bond acceptors (Lipinski definition) is 5. The maximum atomic E-state index is 13.8. The summed E-state index contributed by atoms with van der Waals surface area (Å²) < 4.78 is 13.8. The molecule has 18 heavy (non-hydrogen) atoms. The summed E-state index contributed by atoms with van der Waals surface area (Å²) in [5.41, 5.74) is 2.05. The van der Waals surface area contributed by atoms with Crippen molar-refractivity contribution in [1.82, 2.24) is 10.3 Å². The highest BCUT2D eigenvalue weighted by Gasteiger charge is 2.18. The van der Waals surface area contributed by atoms with E-state index in [0.717, 1.165) is 12.2 Å². The highest BCUT2D eigenvalue weighted by Crippen LogP contribution is 2.14. The Kier molecular flexibility index (Phi) is 5.87. The van der Waals surface area contributed by atoms with Crippen LogP contribution in [0.1, 0.15) is 23.7 Å². The van der Waals surface area contributed by atoms with E-state index in [1.807, 2.05) is 13.2 Å². The molecule has 1 atom stereocenters. The standard InChI is InChI=1S/C11H17FN4OS/c1-3-7(6-18-2)15-11(17)8-4-5-14-10(16-13)9(8)12/h4-5,7H,3,6,13H2,1-2H3,(H,14,16)(H,15,17). The van der Waals surface area contributed by atoms with Crippen molar-refractivity contribution < 1.29 is 9.18 Å². The molecule has 1 heterocycles. The number of hydrazine groups is 1. The molecule has 1 aromatic heterocycles. The van der Waals surface area contributed by atoms with Crippen molar-refractivity contribution in [2.24, 2.45) is 5.84 Å². The predicted molar refractivity (Wildman–Crippen MR) is 71.9 cm³/mol. The van der Waals surface area contributed by atoms with Crippen LogP contribution in [0.15, 0.2) is 12.3 Å². The van der Waals surface area contributed by atoms with E-state index in [4.69, 9.17) is 5.84 Å². The Hall–Kier alpha value is -1.34. The van der Waals surface area contributed by atoms with Crippen LogP contribution < -0.4 is 16.6 Å². The first-order valence-corrected chi connectivity index (χ1v) is 6.94. The Bertz CT molecular complexity index is 416. The maximum Gasteiger partial charge on any atom is 0.254 e. The largest absolute Gasteiger partial charge is 0.348 e. The van der Waals surface area contributed by atoms with Crippen molar-refractivity contribution in [3.63, 3.8) is 0 Å². The summed E-state index contributed by atoms with van der Waals surface area (Å²) in [4.78, 5) is 15.6. The van der Waals surface area contributed by atoms with E-state index in [1.165, 1.54) is 12.3 Å². The number of hydrogen-bond donors (Lipinski definition) is 3. The molecule has 1 aromatic rings. The number of nitrogens with one attached hydrogen (secondary N) is 2. The molecule has 0 fully saturated rings.